The lowest BCUT2D eigenvalue weighted by Crippen LogP contribution is -2.45. The third kappa shape index (κ3) is 59.2. The van der Waals surface area contributed by atoms with Crippen molar-refractivity contribution in [1.29, 1.82) is 0 Å². The number of hydrogen-bond acceptors (Lipinski definition) is 5. The summed E-state index contributed by atoms with van der Waals surface area (Å²) in [7, 11) is 0. The molecule has 0 aromatic heterocycles. The van der Waals surface area contributed by atoms with Gasteiger partial charge in [0.2, 0.25) is 5.91 Å². The van der Waals surface area contributed by atoms with Crippen LogP contribution in [0.2, 0.25) is 0 Å². The van der Waals surface area contributed by atoms with Crippen LogP contribution in [0, 0.1) is 0 Å². The quantitative estimate of drug-likeness (QED) is 0.0320. The average molecular weight is 1030 g/mol. The van der Waals surface area contributed by atoms with Crippen molar-refractivity contribution >= 4 is 11.9 Å². The zero-order chi connectivity index (χ0) is 52.9. The maximum atomic E-state index is 12.5. The van der Waals surface area contributed by atoms with Gasteiger partial charge >= 0.3 is 5.97 Å². The molecule has 2 unspecified atom stereocenters. The Bertz CT molecular complexity index is 1180. The highest BCUT2D eigenvalue weighted by Crippen LogP contribution is 2.17. The molecule has 0 bridgehead atoms. The molecule has 0 aromatic carbocycles. The zero-order valence-electron chi connectivity index (χ0n) is 49.1. The first-order chi connectivity index (χ1) is 36.0. The number of allylic oxidation sites excluding steroid dienone is 5. The number of esters is 1. The maximum absolute atomic E-state index is 12.5. The first-order valence-corrected chi connectivity index (χ1v) is 32.8. The van der Waals surface area contributed by atoms with Crippen LogP contribution in [-0.2, 0) is 14.3 Å². The summed E-state index contributed by atoms with van der Waals surface area (Å²) < 4.78 is 5.49. The Morgan fingerprint density at radius 3 is 0.973 bits per heavy atom. The molecule has 430 valence electrons. The zero-order valence-corrected chi connectivity index (χ0v) is 49.1. The predicted molar refractivity (Wildman–Crippen MR) is 319 cm³/mol. The molecule has 0 saturated heterocycles. The fourth-order valence-corrected chi connectivity index (χ4v) is 10.1. The van der Waals surface area contributed by atoms with Crippen molar-refractivity contribution < 1.29 is 24.5 Å². The first kappa shape index (κ1) is 71.1. The number of aliphatic hydroxyl groups excluding tert-OH is 2. The first-order valence-electron chi connectivity index (χ1n) is 32.8. The Hall–Kier alpha value is -1.92. The molecular formula is C67H127NO5. The average Bonchev–Trinajstić information content (AvgIpc) is 3.39. The van der Waals surface area contributed by atoms with Crippen molar-refractivity contribution in [3.63, 3.8) is 0 Å². The van der Waals surface area contributed by atoms with Crippen LogP contribution in [-0.4, -0.2) is 47.4 Å². The maximum Gasteiger partial charge on any atom is 0.305 e. The lowest BCUT2D eigenvalue weighted by Gasteiger charge is -2.20. The van der Waals surface area contributed by atoms with Crippen LogP contribution in [0.25, 0.3) is 0 Å². The van der Waals surface area contributed by atoms with Gasteiger partial charge in [0.05, 0.1) is 25.4 Å². The second-order valence-corrected chi connectivity index (χ2v) is 22.4. The van der Waals surface area contributed by atoms with Gasteiger partial charge in [-0.2, -0.15) is 0 Å². The lowest BCUT2D eigenvalue weighted by atomic mass is 10.0. The highest BCUT2D eigenvalue weighted by atomic mass is 16.5. The molecule has 0 fully saturated rings. The van der Waals surface area contributed by atoms with E-state index in [1.165, 1.54) is 270 Å². The standard InChI is InChI=1S/C67H127NO5/c1-3-5-7-9-11-13-15-17-19-21-23-24-25-27-31-35-39-43-47-51-55-59-65(70)64(63-69)68-66(71)60-56-52-48-44-40-36-32-28-26-30-34-38-42-46-50-54-58-62-73-67(72)61-57-53-49-45-41-37-33-29-22-20-18-16-14-12-10-8-6-4-2/h20,22,26,30,55,59,64-65,69-70H,3-19,21,23-25,27-29,31-54,56-58,60-63H2,1-2H3,(H,68,71)/b22-20-,30-26-,59-55+. The number of unbranched alkanes of at least 4 members (excludes halogenated alkanes) is 46. The molecule has 0 aromatic rings. The molecule has 0 heterocycles. The predicted octanol–water partition coefficient (Wildman–Crippen LogP) is 20.8. The van der Waals surface area contributed by atoms with Gasteiger partial charge in [-0.25, -0.2) is 0 Å². The van der Waals surface area contributed by atoms with E-state index in [9.17, 15) is 19.8 Å². The van der Waals surface area contributed by atoms with Crippen LogP contribution in [0.15, 0.2) is 36.5 Å². The van der Waals surface area contributed by atoms with E-state index < -0.39 is 12.1 Å². The molecule has 0 radical (unpaired) electrons. The summed E-state index contributed by atoms with van der Waals surface area (Å²) in [6, 6.07) is -0.638. The van der Waals surface area contributed by atoms with Crippen molar-refractivity contribution in [3.05, 3.63) is 36.5 Å². The Morgan fingerprint density at radius 1 is 0.370 bits per heavy atom. The Kier molecular flexibility index (Phi) is 61.0. The minimum atomic E-state index is -0.854. The van der Waals surface area contributed by atoms with Crippen LogP contribution in [0.5, 0.6) is 0 Å². The molecule has 3 N–H and O–H groups in total. The van der Waals surface area contributed by atoms with Crippen molar-refractivity contribution in [2.75, 3.05) is 13.2 Å². The van der Waals surface area contributed by atoms with E-state index in [1.54, 1.807) is 6.08 Å². The molecule has 0 aliphatic carbocycles. The summed E-state index contributed by atoms with van der Waals surface area (Å²) in [5.41, 5.74) is 0. The van der Waals surface area contributed by atoms with E-state index in [2.05, 4.69) is 43.5 Å². The summed E-state index contributed by atoms with van der Waals surface area (Å²) in [4.78, 5) is 24.6. The monoisotopic (exact) mass is 1030 g/mol. The van der Waals surface area contributed by atoms with E-state index in [1.807, 2.05) is 6.08 Å². The van der Waals surface area contributed by atoms with Gasteiger partial charge in [-0.05, 0) is 83.5 Å². The van der Waals surface area contributed by atoms with Crippen LogP contribution < -0.4 is 5.32 Å². The van der Waals surface area contributed by atoms with Gasteiger partial charge in [0.25, 0.3) is 0 Å². The van der Waals surface area contributed by atoms with Crippen molar-refractivity contribution in [1.82, 2.24) is 5.32 Å². The summed E-state index contributed by atoms with van der Waals surface area (Å²) in [6.07, 6.45) is 79.0. The fourth-order valence-electron chi connectivity index (χ4n) is 10.1. The fraction of sp³-hybridized carbons (Fsp3) is 0.881. The van der Waals surface area contributed by atoms with Crippen LogP contribution in [0.1, 0.15) is 354 Å². The summed E-state index contributed by atoms with van der Waals surface area (Å²) in [6.45, 7) is 4.90. The van der Waals surface area contributed by atoms with Gasteiger partial charge in [0, 0.05) is 12.8 Å². The van der Waals surface area contributed by atoms with Gasteiger partial charge in [0.1, 0.15) is 0 Å². The Balaban J connectivity index is 3.47. The molecule has 6 heteroatoms. The van der Waals surface area contributed by atoms with Gasteiger partial charge < -0.3 is 20.3 Å². The third-order valence-electron chi connectivity index (χ3n) is 15.1. The van der Waals surface area contributed by atoms with E-state index >= 15 is 0 Å². The van der Waals surface area contributed by atoms with E-state index in [-0.39, 0.29) is 18.5 Å². The van der Waals surface area contributed by atoms with E-state index in [0.29, 0.717) is 19.4 Å². The molecule has 0 spiro atoms. The number of carbonyl (C=O) groups is 2. The number of nitrogens with one attached hydrogen (secondary N) is 1. The van der Waals surface area contributed by atoms with Gasteiger partial charge in [-0.15, -0.1) is 0 Å². The normalized spacial score (nSPS) is 12.8. The summed E-state index contributed by atoms with van der Waals surface area (Å²) >= 11 is 0. The SMILES string of the molecule is CCCCCCCCC/C=C\CCCCCCCCCC(=O)OCCCCCCCC/C=C\CCCCCCCCCC(=O)NC(CO)C(O)/C=C/CCCCCCCCCCCCCCCCCCCCC. The van der Waals surface area contributed by atoms with Crippen LogP contribution >= 0.6 is 0 Å². The number of aliphatic hydroxyl groups is 2. The minimum Gasteiger partial charge on any atom is -0.466 e. The van der Waals surface area contributed by atoms with Gasteiger partial charge in [0.15, 0.2) is 0 Å². The molecule has 0 aliphatic heterocycles. The van der Waals surface area contributed by atoms with Gasteiger partial charge in [-0.3, -0.25) is 9.59 Å². The van der Waals surface area contributed by atoms with Crippen molar-refractivity contribution in [2.24, 2.45) is 0 Å². The number of hydrogen-bond donors (Lipinski definition) is 3. The Labute approximate surface area is 455 Å². The molecule has 0 rings (SSSR count). The molecule has 0 aliphatic rings. The largest absolute Gasteiger partial charge is 0.466 e. The summed E-state index contributed by atoms with van der Waals surface area (Å²) in [5, 5.41) is 23.2. The van der Waals surface area contributed by atoms with Crippen molar-refractivity contribution in [3.8, 4) is 0 Å². The molecule has 73 heavy (non-hydrogen) atoms. The number of amides is 1. The molecule has 0 saturated carbocycles. The minimum absolute atomic E-state index is 0.00518. The topological polar surface area (TPSA) is 95.9 Å². The van der Waals surface area contributed by atoms with Gasteiger partial charge in [-0.1, -0.05) is 294 Å². The lowest BCUT2D eigenvalue weighted by molar-refractivity contribution is -0.143. The highest BCUT2D eigenvalue weighted by Gasteiger charge is 2.18. The smallest absolute Gasteiger partial charge is 0.305 e. The number of ether oxygens (including phenoxy) is 1. The highest BCUT2D eigenvalue weighted by molar-refractivity contribution is 5.76. The van der Waals surface area contributed by atoms with E-state index in [0.717, 1.165) is 57.8 Å². The molecular weight excluding hydrogens is 899 g/mol. The Morgan fingerprint density at radius 2 is 0.644 bits per heavy atom. The number of rotatable bonds is 61. The van der Waals surface area contributed by atoms with Crippen LogP contribution in [0.4, 0.5) is 0 Å². The number of carbonyl (C=O) groups excluding carboxylic acids is 2. The molecule has 1 amide bonds. The third-order valence-corrected chi connectivity index (χ3v) is 15.1. The van der Waals surface area contributed by atoms with E-state index in [4.69, 9.17) is 4.74 Å². The van der Waals surface area contributed by atoms with Crippen LogP contribution in [0.3, 0.4) is 0 Å². The van der Waals surface area contributed by atoms with Crippen molar-refractivity contribution in [2.45, 2.75) is 366 Å². The molecule has 2 atom stereocenters. The second-order valence-electron chi connectivity index (χ2n) is 22.4. The second kappa shape index (κ2) is 62.6. The summed E-state index contributed by atoms with van der Waals surface area (Å²) in [5.74, 6) is -0.0825. The molecule has 6 nitrogen and oxygen atoms in total.